The van der Waals surface area contributed by atoms with Crippen molar-refractivity contribution in [1.82, 2.24) is 5.32 Å². The van der Waals surface area contributed by atoms with Crippen molar-refractivity contribution in [2.75, 3.05) is 13.1 Å². The molecule has 0 unspecified atom stereocenters. The molecule has 3 heteroatoms. The van der Waals surface area contributed by atoms with E-state index in [0.717, 1.165) is 0 Å². The Morgan fingerprint density at radius 3 is 2.33 bits per heavy atom. The molecule has 0 fully saturated rings. The van der Waals surface area contributed by atoms with Gasteiger partial charge in [-0.15, -0.1) is 0 Å². The minimum absolute atomic E-state index is 0.0582. The lowest BCUT2D eigenvalue weighted by molar-refractivity contribution is 0.0958. The van der Waals surface area contributed by atoms with E-state index >= 15 is 0 Å². The molecule has 1 rings (SSSR count). The Morgan fingerprint density at radius 1 is 1.22 bits per heavy atom. The Kier molecular flexibility index (Phi) is 5.10. The van der Waals surface area contributed by atoms with Gasteiger partial charge >= 0.3 is 0 Å². The lowest BCUT2D eigenvalue weighted by atomic mass is 9.87. The van der Waals surface area contributed by atoms with Gasteiger partial charge in [0, 0.05) is 18.7 Å². The highest BCUT2D eigenvalue weighted by Crippen LogP contribution is 2.22. The molecule has 0 atom stereocenters. The number of nitrogens with two attached hydrogens (primary N) is 1. The first kappa shape index (κ1) is 14.5. The summed E-state index contributed by atoms with van der Waals surface area (Å²) in [6.07, 6.45) is 3.67. The van der Waals surface area contributed by atoms with Crippen LogP contribution in [0.2, 0.25) is 0 Å². The topological polar surface area (TPSA) is 55.1 Å². The van der Waals surface area contributed by atoms with E-state index in [4.69, 9.17) is 5.73 Å². The maximum absolute atomic E-state index is 11.8. The van der Waals surface area contributed by atoms with Crippen molar-refractivity contribution >= 4 is 5.91 Å². The summed E-state index contributed by atoms with van der Waals surface area (Å²) in [5.41, 5.74) is 7.33. The van der Waals surface area contributed by atoms with Gasteiger partial charge in [0.25, 0.3) is 5.91 Å². The van der Waals surface area contributed by atoms with Crippen LogP contribution in [0, 0.1) is 0 Å². The maximum Gasteiger partial charge on any atom is 0.251 e. The quantitative estimate of drug-likeness (QED) is 0.800. The monoisotopic (exact) mass is 246 g/mol. The van der Waals surface area contributed by atoms with Gasteiger partial charge in [-0.3, -0.25) is 4.79 Å². The lowest BCUT2D eigenvalue weighted by Crippen LogP contribution is -2.23. The third-order valence-corrected chi connectivity index (χ3v) is 2.70. The van der Waals surface area contributed by atoms with Gasteiger partial charge in [-0.1, -0.05) is 45.1 Å². The summed E-state index contributed by atoms with van der Waals surface area (Å²) >= 11 is 0. The number of nitrogens with one attached hydrogen (secondary N) is 1. The fourth-order valence-corrected chi connectivity index (χ4v) is 1.55. The largest absolute Gasteiger partial charge is 0.349 e. The Hall–Kier alpha value is -1.61. The second-order valence-corrected chi connectivity index (χ2v) is 5.24. The number of carbonyl (C=O) groups is 1. The Bertz CT molecular complexity index is 413. The van der Waals surface area contributed by atoms with Gasteiger partial charge < -0.3 is 11.1 Å². The van der Waals surface area contributed by atoms with E-state index in [1.165, 1.54) is 5.56 Å². The molecule has 0 radical (unpaired) electrons. The van der Waals surface area contributed by atoms with Crippen LogP contribution in [0.15, 0.2) is 36.4 Å². The molecule has 0 bridgehead atoms. The van der Waals surface area contributed by atoms with Gasteiger partial charge in [-0.2, -0.15) is 0 Å². The van der Waals surface area contributed by atoms with Gasteiger partial charge in [-0.25, -0.2) is 0 Å². The molecule has 0 aliphatic heterocycles. The Balaban J connectivity index is 2.62. The Labute approximate surface area is 109 Å². The Morgan fingerprint density at radius 2 is 1.83 bits per heavy atom. The molecular weight excluding hydrogens is 224 g/mol. The SMILES string of the molecule is CC(C)(C)c1ccc(C(=O)NC/C=C/CN)cc1. The zero-order chi connectivity index (χ0) is 13.6. The minimum atomic E-state index is -0.0582. The van der Waals surface area contributed by atoms with Gasteiger partial charge in [0.15, 0.2) is 0 Å². The van der Waals surface area contributed by atoms with E-state index in [-0.39, 0.29) is 11.3 Å². The van der Waals surface area contributed by atoms with Crippen molar-refractivity contribution in [2.45, 2.75) is 26.2 Å². The van der Waals surface area contributed by atoms with Crippen LogP contribution in [0.5, 0.6) is 0 Å². The van der Waals surface area contributed by atoms with Crippen molar-refractivity contribution in [1.29, 1.82) is 0 Å². The van der Waals surface area contributed by atoms with Crippen LogP contribution in [0.4, 0.5) is 0 Å². The summed E-state index contributed by atoms with van der Waals surface area (Å²) in [4.78, 5) is 11.8. The summed E-state index contributed by atoms with van der Waals surface area (Å²) in [7, 11) is 0. The molecule has 1 amide bonds. The number of hydrogen-bond acceptors (Lipinski definition) is 2. The summed E-state index contributed by atoms with van der Waals surface area (Å²) < 4.78 is 0. The number of amides is 1. The van der Waals surface area contributed by atoms with E-state index < -0.39 is 0 Å². The van der Waals surface area contributed by atoms with Crippen molar-refractivity contribution in [3.63, 3.8) is 0 Å². The molecule has 0 aliphatic rings. The first-order chi connectivity index (χ1) is 8.45. The van der Waals surface area contributed by atoms with E-state index in [1.807, 2.05) is 36.4 Å². The van der Waals surface area contributed by atoms with Crippen LogP contribution >= 0.6 is 0 Å². The van der Waals surface area contributed by atoms with Gasteiger partial charge in [0.1, 0.15) is 0 Å². The summed E-state index contributed by atoms with van der Waals surface area (Å²) in [6.45, 7) is 7.46. The molecule has 3 N–H and O–H groups in total. The number of carbonyl (C=O) groups excluding carboxylic acids is 1. The van der Waals surface area contributed by atoms with Gasteiger partial charge in [-0.05, 0) is 23.1 Å². The van der Waals surface area contributed by atoms with Crippen LogP contribution in [0.25, 0.3) is 0 Å². The standard InChI is InChI=1S/C15H22N2O/c1-15(2,3)13-8-6-12(7-9-13)14(18)17-11-5-4-10-16/h4-9H,10-11,16H2,1-3H3,(H,17,18)/b5-4+. The summed E-state index contributed by atoms with van der Waals surface area (Å²) in [6, 6.07) is 7.74. The molecule has 0 saturated heterocycles. The van der Waals surface area contributed by atoms with Crippen LogP contribution in [0.3, 0.4) is 0 Å². The normalized spacial score (nSPS) is 11.8. The summed E-state index contributed by atoms with van der Waals surface area (Å²) in [5.74, 6) is -0.0582. The molecule has 98 valence electrons. The van der Waals surface area contributed by atoms with Gasteiger partial charge in [0.05, 0.1) is 0 Å². The van der Waals surface area contributed by atoms with Crippen molar-refractivity contribution < 1.29 is 4.79 Å². The first-order valence-corrected chi connectivity index (χ1v) is 6.19. The minimum Gasteiger partial charge on any atom is -0.349 e. The molecule has 0 aliphatic carbocycles. The van der Waals surface area contributed by atoms with Crippen LogP contribution in [-0.4, -0.2) is 19.0 Å². The average molecular weight is 246 g/mol. The molecule has 0 aromatic heterocycles. The second kappa shape index (κ2) is 6.36. The molecule has 0 heterocycles. The number of hydrogen-bond donors (Lipinski definition) is 2. The third kappa shape index (κ3) is 4.34. The zero-order valence-corrected chi connectivity index (χ0v) is 11.4. The number of benzene rings is 1. The second-order valence-electron chi connectivity index (χ2n) is 5.24. The van der Waals surface area contributed by atoms with E-state index in [2.05, 4.69) is 26.1 Å². The van der Waals surface area contributed by atoms with Crippen LogP contribution in [0.1, 0.15) is 36.7 Å². The molecule has 1 aromatic rings. The van der Waals surface area contributed by atoms with Crippen molar-refractivity contribution in [3.8, 4) is 0 Å². The highest BCUT2D eigenvalue weighted by atomic mass is 16.1. The van der Waals surface area contributed by atoms with Crippen molar-refractivity contribution in [2.24, 2.45) is 5.73 Å². The molecule has 0 spiro atoms. The first-order valence-electron chi connectivity index (χ1n) is 6.19. The van der Waals surface area contributed by atoms with Gasteiger partial charge in [0.2, 0.25) is 0 Å². The molecule has 1 aromatic carbocycles. The summed E-state index contributed by atoms with van der Waals surface area (Å²) in [5, 5.41) is 2.81. The lowest BCUT2D eigenvalue weighted by Gasteiger charge is -2.19. The van der Waals surface area contributed by atoms with E-state index in [9.17, 15) is 4.79 Å². The average Bonchev–Trinajstić information content (AvgIpc) is 2.33. The zero-order valence-electron chi connectivity index (χ0n) is 11.4. The highest BCUT2D eigenvalue weighted by molar-refractivity contribution is 5.94. The smallest absolute Gasteiger partial charge is 0.251 e. The highest BCUT2D eigenvalue weighted by Gasteiger charge is 2.13. The van der Waals surface area contributed by atoms with Crippen LogP contribution in [-0.2, 0) is 5.41 Å². The fourth-order valence-electron chi connectivity index (χ4n) is 1.55. The third-order valence-electron chi connectivity index (χ3n) is 2.70. The molecule has 18 heavy (non-hydrogen) atoms. The van der Waals surface area contributed by atoms with E-state index in [0.29, 0.717) is 18.7 Å². The maximum atomic E-state index is 11.8. The molecule has 3 nitrogen and oxygen atoms in total. The molecule has 0 saturated carbocycles. The van der Waals surface area contributed by atoms with E-state index in [1.54, 1.807) is 0 Å². The predicted octanol–water partition coefficient (Wildman–Crippen LogP) is 2.23. The predicted molar refractivity (Wildman–Crippen MR) is 75.7 cm³/mol. The van der Waals surface area contributed by atoms with Crippen molar-refractivity contribution in [3.05, 3.63) is 47.5 Å². The fraction of sp³-hybridized carbons (Fsp3) is 0.400. The number of rotatable bonds is 4. The van der Waals surface area contributed by atoms with Crippen LogP contribution < -0.4 is 11.1 Å². The molecular formula is C15H22N2O.